The van der Waals surface area contributed by atoms with Gasteiger partial charge in [0.15, 0.2) is 0 Å². The Labute approximate surface area is 82.8 Å². The Morgan fingerprint density at radius 3 is 2.57 bits per heavy atom. The van der Waals surface area contributed by atoms with Gasteiger partial charge in [-0.25, -0.2) is 0 Å². The standard InChI is InChI=1S/C9H15N3O2/c1-6(2)9-11-10-7(12(9)3)4-5-8(13)14/h6H,4-5H2,1-3H3,(H,13,14). The van der Waals surface area contributed by atoms with Crippen molar-refractivity contribution in [3.63, 3.8) is 0 Å². The van der Waals surface area contributed by atoms with Crippen molar-refractivity contribution in [1.82, 2.24) is 14.8 Å². The molecule has 0 amide bonds. The van der Waals surface area contributed by atoms with Crippen LogP contribution in [0.15, 0.2) is 0 Å². The van der Waals surface area contributed by atoms with Crippen molar-refractivity contribution in [3.8, 4) is 0 Å². The Morgan fingerprint density at radius 1 is 1.50 bits per heavy atom. The van der Waals surface area contributed by atoms with E-state index < -0.39 is 5.97 Å². The second kappa shape index (κ2) is 4.21. The van der Waals surface area contributed by atoms with Crippen molar-refractivity contribution in [3.05, 3.63) is 11.6 Å². The predicted molar refractivity (Wildman–Crippen MR) is 51.0 cm³/mol. The number of aryl methyl sites for hydroxylation is 1. The average molecular weight is 197 g/mol. The Bertz CT molecular complexity index is 331. The first kappa shape index (κ1) is 10.7. The molecule has 1 aromatic rings. The second-order valence-electron chi connectivity index (χ2n) is 3.58. The number of carboxylic acid groups (broad SMARTS) is 1. The lowest BCUT2D eigenvalue weighted by Gasteiger charge is -2.04. The molecule has 0 atom stereocenters. The molecule has 0 bridgehead atoms. The van der Waals surface area contributed by atoms with Crippen molar-refractivity contribution >= 4 is 5.97 Å². The van der Waals surface area contributed by atoms with Crippen LogP contribution >= 0.6 is 0 Å². The lowest BCUT2D eigenvalue weighted by Crippen LogP contribution is -2.06. The molecule has 5 heteroatoms. The van der Waals surface area contributed by atoms with E-state index >= 15 is 0 Å². The maximum atomic E-state index is 10.4. The third-order valence-electron chi connectivity index (χ3n) is 2.08. The number of rotatable bonds is 4. The van der Waals surface area contributed by atoms with E-state index in [0.29, 0.717) is 12.3 Å². The summed E-state index contributed by atoms with van der Waals surface area (Å²) in [6.07, 6.45) is 0.537. The highest BCUT2D eigenvalue weighted by Crippen LogP contribution is 2.12. The van der Waals surface area contributed by atoms with Crippen LogP contribution < -0.4 is 0 Å². The first-order valence-electron chi connectivity index (χ1n) is 4.62. The zero-order chi connectivity index (χ0) is 10.7. The number of carbonyl (C=O) groups is 1. The summed E-state index contributed by atoms with van der Waals surface area (Å²) >= 11 is 0. The van der Waals surface area contributed by atoms with Gasteiger partial charge < -0.3 is 9.67 Å². The lowest BCUT2D eigenvalue weighted by molar-refractivity contribution is -0.137. The van der Waals surface area contributed by atoms with E-state index in [4.69, 9.17) is 5.11 Å². The summed E-state index contributed by atoms with van der Waals surface area (Å²) in [5.74, 6) is 1.13. The predicted octanol–water partition coefficient (Wildman–Crippen LogP) is 0.956. The van der Waals surface area contributed by atoms with E-state index in [1.54, 1.807) is 0 Å². The summed E-state index contributed by atoms with van der Waals surface area (Å²) < 4.78 is 1.87. The minimum atomic E-state index is -0.806. The molecule has 1 aromatic heterocycles. The molecule has 0 aliphatic heterocycles. The summed E-state index contributed by atoms with van der Waals surface area (Å²) in [4.78, 5) is 10.4. The Kier molecular flexibility index (Phi) is 3.22. The van der Waals surface area contributed by atoms with Crippen LogP contribution in [0.3, 0.4) is 0 Å². The molecule has 0 spiro atoms. The van der Waals surface area contributed by atoms with E-state index in [1.165, 1.54) is 0 Å². The molecule has 1 heterocycles. The van der Waals surface area contributed by atoms with Gasteiger partial charge in [0, 0.05) is 19.4 Å². The van der Waals surface area contributed by atoms with E-state index in [2.05, 4.69) is 10.2 Å². The van der Waals surface area contributed by atoms with E-state index in [0.717, 1.165) is 11.6 Å². The quantitative estimate of drug-likeness (QED) is 0.780. The molecule has 0 radical (unpaired) electrons. The Morgan fingerprint density at radius 2 is 2.14 bits per heavy atom. The summed E-state index contributed by atoms with van der Waals surface area (Å²) in [5.41, 5.74) is 0. The molecule has 0 saturated carbocycles. The van der Waals surface area contributed by atoms with Crippen LogP contribution in [0.25, 0.3) is 0 Å². The van der Waals surface area contributed by atoms with Gasteiger partial charge in [-0.05, 0) is 0 Å². The van der Waals surface area contributed by atoms with Crippen LogP contribution in [0.5, 0.6) is 0 Å². The highest BCUT2D eigenvalue weighted by Gasteiger charge is 2.12. The van der Waals surface area contributed by atoms with Crippen LogP contribution in [-0.4, -0.2) is 25.8 Å². The Balaban J connectivity index is 2.74. The topological polar surface area (TPSA) is 68.0 Å². The molecular formula is C9H15N3O2. The molecule has 1 N–H and O–H groups in total. The maximum absolute atomic E-state index is 10.4. The van der Waals surface area contributed by atoms with Crippen molar-refractivity contribution in [1.29, 1.82) is 0 Å². The lowest BCUT2D eigenvalue weighted by atomic mass is 10.2. The van der Waals surface area contributed by atoms with Crippen LogP contribution in [-0.2, 0) is 18.3 Å². The van der Waals surface area contributed by atoms with E-state index in [-0.39, 0.29) is 6.42 Å². The van der Waals surface area contributed by atoms with Crippen LogP contribution in [0.1, 0.15) is 37.8 Å². The molecular weight excluding hydrogens is 182 g/mol. The van der Waals surface area contributed by atoms with Crippen molar-refractivity contribution < 1.29 is 9.90 Å². The minimum Gasteiger partial charge on any atom is -0.481 e. The fourth-order valence-corrected chi connectivity index (χ4v) is 1.31. The molecule has 14 heavy (non-hydrogen) atoms. The molecule has 0 aromatic carbocycles. The minimum absolute atomic E-state index is 0.101. The van der Waals surface area contributed by atoms with Crippen molar-refractivity contribution in [2.24, 2.45) is 7.05 Å². The smallest absolute Gasteiger partial charge is 0.303 e. The van der Waals surface area contributed by atoms with Gasteiger partial charge in [0.2, 0.25) is 0 Å². The first-order chi connectivity index (χ1) is 6.52. The number of carboxylic acids is 1. The third kappa shape index (κ3) is 2.31. The molecule has 0 saturated heterocycles. The monoisotopic (exact) mass is 197 g/mol. The van der Waals surface area contributed by atoms with E-state index in [9.17, 15) is 4.79 Å². The summed E-state index contributed by atoms with van der Waals surface area (Å²) in [6, 6.07) is 0. The second-order valence-corrected chi connectivity index (χ2v) is 3.58. The highest BCUT2D eigenvalue weighted by atomic mass is 16.4. The van der Waals surface area contributed by atoms with Crippen molar-refractivity contribution in [2.45, 2.75) is 32.6 Å². The van der Waals surface area contributed by atoms with E-state index in [1.807, 2.05) is 25.5 Å². The molecule has 5 nitrogen and oxygen atoms in total. The average Bonchev–Trinajstić information content (AvgIpc) is 2.43. The molecule has 0 aliphatic rings. The molecule has 0 fully saturated rings. The van der Waals surface area contributed by atoms with Crippen LogP contribution in [0.2, 0.25) is 0 Å². The van der Waals surface area contributed by atoms with Gasteiger partial charge in [-0.2, -0.15) is 0 Å². The fraction of sp³-hybridized carbons (Fsp3) is 0.667. The summed E-state index contributed by atoms with van der Waals surface area (Å²) in [7, 11) is 1.87. The zero-order valence-electron chi connectivity index (χ0n) is 8.69. The van der Waals surface area contributed by atoms with Crippen LogP contribution in [0.4, 0.5) is 0 Å². The third-order valence-corrected chi connectivity index (χ3v) is 2.08. The SMILES string of the molecule is CC(C)c1nnc(CCC(=O)O)n1C. The summed E-state index contributed by atoms with van der Waals surface area (Å²) in [6.45, 7) is 4.07. The Hall–Kier alpha value is -1.39. The zero-order valence-corrected chi connectivity index (χ0v) is 8.69. The van der Waals surface area contributed by atoms with Gasteiger partial charge in [0.25, 0.3) is 0 Å². The normalized spacial score (nSPS) is 10.9. The molecule has 0 unspecified atom stereocenters. The van der Waals surface area contributed by atoms with Gasteiger partial charge in [-0.1, -0.05) is 13.8 Å². The fourth-order valence-electron chi connectivity index (χ4n) is 1.31. The van der Waals surface area contributed by atoms with Gasteiger partial charge in [0.1, 0.15) is 11.6 Å². The molecule has 1 rings (SSSR count). The van der Waals surface area contributed by atoms with Gasteiger partial charge in [0.05, 0.1) is 6.42 Å². The van der Waals surface area contributed by atoms with Crippen molar-refractivity contribution in [2.75, 3.05) is 0 Å². The highest BCUT2D eigenvalue weighted by molar-refractivity contribution is 5.66. The summed E-state index contributed by atoms with van der Waals surface area (Å²) in [5, 5.41) is 16.5. The number of nitrogens with zero attached hydrogens (tertiary/aromatic N) is 3. The maximum Gasteiger partial charge on any atom is 0.303 e. The van der Waals surface area contributed by atoms with Crippen LogP contribution in [0, 0.1) is 0 Å². The van der Waals surface area contributed by atoms with Gasteiger partial charge in [-0.15, -0.1) is 10.2 Å². The number of aromatic nitrogens is 3. The molecule has 0 aliphatic carbocycles. The number of hydrogen-bond donors (Lipinski definition) is 1. The largest absolute Gasteiger partial charge is 0.481 e. The van der Waals surface area contributed by atoms with Gasteiger partial charge in [-0.3, -0.25) is 4.79 Å². The first-order valence-corrected chi connectivity index (χ1v) is 4.62. The van der Waals surface area contributed by atoms with Gasteiger partial charge >= 0.3 is 5.97 Å². The number of hydrogen-bond acceptors (Lipinski definition) is 3. The molecule has 78 valence electrons. The number of aliphatic carboxylic acids is 1.